The molecule has 0 bridgehead atoms. The maximum Gasteiger partial charge on any atom is 0.305 e. The number of nitrogens with zero attached hydrogens (tertiary/aromatic N) is 1. The van der Waals surface area contributed by atoms with Crippen LogP contribution in [0.15, 0.2) is 0 Å². The van der Waals surface area contributed by atoms with Gasteiger partial charge in [-0.25, -0.2) is 0 Å². The van der Waals surface area contributed by atoms with Crippen molar-refractivity contribution in [2.45, 2.75) is 44.8 Å². The van der Waals surface area contributed by atoms with Crippen LogP contribution in [0.4, 0.5) is 0 Å². The van der Waals surface area contributed by atoms with Crippen molar-refractivity contribution in [1.29, 1.82) is 0 Å². The van der Waals surface area contributed by atoms with Gasteiger partial charge in [-0.15, -0.1) is 0 Å². The molecule has 0 aromatic rings. The average Bonchev–Trinajstić information content (AvgIpc) is 2.12. The molecule has 0 heterocycles. The highest BCUT2D eigenvalue weighted by atomic mass is 16.6. The van der Waals surface area contributed by atoms with E-state index >= 15 is 0 Å². The first-order valence-electron chi connectivity index (χ1n) is 4.71. The van der Waals surface area contributed by atoms with Crippen molar-refractivity contribution < 1.29 is 19.6 Å². The lowest BCUT2D eigenvalue weighted by Crippen LogP contribution is -2.38. The topological polar surface area (TPSA) is 89.7 Å². The maximum atomic E-state index is 10.9. The van der Waals surface area contributed by atoms with Crippen molar-refractivity contribution in [3.8, 4) is 0 Å². The van der Waals surface area contributed by atoms with Gasteiger partial charge in [-0.05, 0) is 6.92 Å². The molecule has 15 heavy (non-hydrogen) atoms. The number of methoxy groups -OCH3 is 1. The van der Waals surface area contributed by atoms with E-state index < -0.39 is 22.5 Å². The van der Waals surface area contributed by atoms with Crippen LogP contribution in [0.5, 0.6) is 0 Å². The highest BCUT2D eigenvalue weighted by Crippen LogP contribution is 2.23. The molecule has 0 aliphatic heterocycles. The summed E-state index contributed by atoms with van der Waals surface area (Å²) in [5.74, 6) is -0.478. The predicted molar refractivity (Wildman–Crippen MR) is 52.9 cm³/mol. The summed E-state index contributed by atoms with van der Waals surface area (Å²) in [4.78, 5) is 21.2. The second-order valence-electron chi connectivity index (χ2n) is 3.88. The third-order valence-electron chi connectivity index (χ3n) is 2.27. The Hall–Kier alpha value is -1.17. The quantitative estimate of drug-likeness (QED) is 0.404. The van der Waals surface area contributed by atoms with Gasteiger partial charge in [-0.3, -0.25) is 14.9 Å². The molecule has 88 valence electrons. The molecule has 6 nitrogen and oxygen atoms in total. The number of carbonyl (C=O) groups excluding carboxylic acids is 1. The van der Waals surface area contributed by atoms with Crippen LogP contribution < -0.4 is 0 Å². The molecule has 0 rings (SSSR count). The van der Waals surface area contributed by atoms with Gasteiger partial charge in [0, 0.05) is 24.7 Å². The Morgan fingerprint density at radius 2 is 2.20 bits per heavy atom. The number of rotatable bonds is 6. The first-order valence-corrected chi connectivity index (χ1v) is 4.71. The van der Waals surface area contributed by atoms with E-state index in [2.05, 4.69) is 4.74 Å². The van der Waals surface area contributed by atoms with Crippen molar-refractivity contribution in [3.63, 3.8) is 0 Å². The van der Waals surface area contributed by atoms with Crippen LogP contribution >= 0.6 is 0 Å². The minimum atomic E-state index is -1.28. The van der Waals surface area contributed by atoms with Crippen LogP contribution in [0.2, 0.25) is 0 Å². The Bertz CT molecular complexity index is 241. The SMILES string of the molecule is COC(=O)CCC(C)(CC(C)O)[N+](=O)[O-]. The largest absolute Gasteiger partial charge is 0.469 e. The lowest BCUT2D eigenvalue weighted by Gasteiger charge is -2.21. The van der Waals surface area contributed by atoms with Crippen LogP contribution in [0, 0.1) is 10.1 Å². The molecular weight excluding hydrogens is 202 g/mol. The summed E-state index contributed by atoms with van der Waals surface area (Å²) in [6.07, 6.45) is -0.687. The molecule has 6 heteroatoms. The fourth-order valence-corrected chi connectivity index (χ4v) is 1.38. The van der Waals surface area contributed by atoms with Gasteiger partial charge in [-0.2, -0.15) is 0 Å². The van der Waals surface area contributed by atoms with E-state index in [1.54, 1.807) is 0 Å². The number of aliphatic hydroxyl groups is 1. The Kier molecular flexibility index (Phi) is 5.21. The third-order valence-corrected chi connectivity index (χ3v) is 2.27. The molecule has 0 saturated carbocycles. The fourth-order valence-electron chi connectivity index (χ4n) is 1.38. The zero-order chi connectivity index (χ0) is 12.1. The van der Waals surface area contributed by atoms with Gasteiger partial charge in [0.05, 0.1) is 19.6 Å². The summed E-state index contributed by atoms with van der Waals surface area (Å²) in [6, 6.07) is 0. The number of aliphatic hydroxyl groups excluding tert-OH is 1. The Morgan fingerprint density at radius 1 is 1.67 bits per heavy atom. The molecule has 1 N–H and O–H groups in total. The zero-order valence-electron chi connectivity index (χ0n) is 9.23. The van der Waals surface area contributed by atoms with E-state index in [4.69, 9.17) is 5.11 Å². The van der Waals surface area contributed by atoms with Crippen LogP contribution in [0.25, 0.3) is 0 Å². The van der Waals surface area contributed by atoms with Gasteiger partial charge >= 0.3 is 5.97 Å². The molecule has 0 aliphatic rings. The Labute approximate surface area is 88.4 Å². The molecule has 2 unspecified atom stereocenters. The average molecular weight is 219 g/mol. The highest BCUT2D eigenvalue weighted by Gasteiger charge is 2.38. The van der Waals surface area contributed by atoms with Gasteiger partial charge in [0.1, 0.15) is 0 Å². The first kappa shape index (κ1) is 13.8. The van der Waals surface area contributed by atoms with Crippen LogP contribution in [0.1, 0.15) is 33.1 Å². The summed E-state index contributed by atoms with van der Waals surface area (Å²) in [5, 5.41) is 19.9. The van der Waals surface area contributed by atoms with Crippen molar-refractivity contribution in [2.24, 2.45) is 0 Å². The predicted octanol–water partition coefficient (Wildman–Crippen LogP) is 0.746. The second kappa shape index (κ2) is 5.65. The van der Waals surface area contributed by atoms with E-state index in [0.717, 1.165) is 0 Å². The molecule has 0 amide bonds. The molecule has 0 aliphatic carbocycles. The van der Waals surface area contributed by atoms with Crippen molar-refractivity contribution >= 4 is 5.97 Å². The summed E-state index contributed by atoms with van der Waals surface area (Å²) in [7, 11) is 1.24. The summed E-state index contributed by atoms with van der Waals surface area (Å²) >= 11 is 0. The van der Waals surface area contributed by atoms with Crippen LogP contribution in [-0.4, -0.2) is 34.8 Å². The minimum absolute atomic E-state index is 0.0132. The number of ether oxygens (including phenoxy) is 1. The summed E-state index contributed by atoms with van der Waals surface area (Å²) < 4.78 is 4.41. The molecule has 0 saturated heterocycles. The van der Waals surface area contributed by atoms with Crippen LogP contribution in [-0.2, 0) is 9.53 Å². The highest BCUT2D eigenvalue weighted by molar-refractivity contribution is 5.69. The van der Waals surface area contributed by atoms with E-state index in [1.807, 2.05) is 0 Å². The van der Waals surface area contributed by atoms with Crippen molar-refractivity contribution in [1.82, 2.24) is 0 Å². The lowest BCUT2D eigenvalue weighted by atomic mass is 9.90. The van der Waals surface area contributed by atoms with E-state index in [1.165, 1.54) is 21.0 Å². The number of nitro groups is 1. The fraction of sp³-hybridized carbons (Fsp3) is 0.889. The van der Waals surface area contributed by atoms with Crippen molar-refractivity contribution in [3.05, 3.63) is 10.1 Å². The number of hydrogen-bond acceptors (Lipinski definition) is 5. The molecule has 2 atom stereocenters. The van der Waals surface area contributed by atoms with E-state index in [-0.39, 0.29) is 19.3 Å². The van der Waals surface area contributed by atoms with Gasteiger partial charge in [0.15, 0.2) is 0 Å². The van der Waals surface area contributed by atoms with E-state index in [9.17, 15) is 14.9 Å². The zero-order valence-corrected chi connectivity index (χ0v) is 9.23. The molecular formula is C9H17NO5. The first-order chi connectivity index (χ1) is 6.81. The van der Waals surface area contributed by atoms with Gasteiger partial charge < -0.3 is 9.84 Å². The normalized spacial score (nSPS) is 16.5. The standard InChI is InChI=1S/C9H17NO5/c1-7(11)6-9(2,10(13)14)5-4-8(12)15-3/h7,11H,4-6H2,1-3H3. The third kappa shape index (κ3) is 4.73. The minimum Gasteiger partial charge on any atom is -0.469 e. The van der Waals surface area contributed by atoms with E-state index in [0.29, 0.717) is 0 Å². The molecule has 0 aromatic carbocycles. The smallest absolute Gasteiger partial charge is 0.305 e. The summed E-state index contributed by atoms with van der Waals surface area (Å²) in [5.41, 5.74) is -1.28. The van der Waals surface area contributed by atoms with Gasteiger partial charge in [-0.1, -0.05) is 0 Å². The Morgan fingerprint density at radius 3 is 2.53 bits per heavy atom. The Balaban J connectivity index is 4.38. The monoisotopic (exact) mass is 219 g/mol. The number of carbonyl (C=O) groups is 1. The summed E-state index contributed by atoms with van der Waals surface area (Å²) in [6.45, 7) is 2.91. The molecule has 0 aromatic heterocycles. The maximum absolute atomic E-state index is 10.9. The molecule has 0 spiro atoms. The van der Waals surface area contributed by atoms with Crippen molar-refractivity contribution in [2.75, 3.05) is 7.11 Å². The molecule has 0 radical (unpaired) electrons. The number of hydrogen-bond donors (Lipinski definition) is 1. The van der Waals surface area contributed by atoms with Gasteiger partial charge in [0.2, 0.25) is 5.54 Å². The number of esters is 1. The lowest BCUT2D eigenvalue weighted by molar-refractivity contribution is -0.569. The molecule has 0 fully saturated rings. The van der Waals surface area contributed by atoms with Gasteiger partial charge in [0.25, 0.3) is 0 Å². The second-order valence-corrected chi connectivity index (χ2v) is 3.88. The van der Waals surface area contributed by atoms with Crippen LogP contribution in [0.3, 0.4) is 0 Å².